The zero-order chi connectivity index (χ0) is 11.7. The van der Waals surface area contributed by atoms with Gasteiger partial charge in [0.15, 0.2) is 5.52 Å². The molecule has 0 bridgehead atoms. The van der Waals surface area contributed by atoms with Crippen LogP contribution in [0.4, 0.5) is 0 Å². The van der Waals surface area contributed by atoms with Crippen LogP contribution in [0.1, 0.15) is 0 Å². The Balaban J connectivity index is 2.06. The van der Waals surface area contributed by atoms with Crippen molar-refractivity contribution in [1.82, 2.24) is 14.7 Å². The van der Waals surface area contributed by atoms with Crippen LogP contribution in [0.2, 0.25) is 0 Å². The van der Waals surface area contributed by atoms with Crippen molar-refractivity contribution in [3.63, 3.8) is 0 Å². The lowest BCUT2D eigenvalue weighted by Gasteiger charge is -2.04. The average Bonchev–Trinajstić information content (AvgIpc) is 2.74. The van der Waals surface area contributed by atoms with Gasteiger partial charge in [0.1, 0.15) is 17.6 Å². The van der Waals surface area contributed by atoms with Gasteiger partial charge in [-0.25, -0.2) is 9.97 Å². The van der Waals surface area contributed by atoms with E-state index in [1.807, 2.05) is 30.3 Å². The molecule has 0 aliphatic heterocycles. The van der Waals surface area contributed by atoms with E-state index in [9.17, 15) is 5.21 Å². The van der Waals surface area contributed by atoms with E-state index in [1.165, 1.54) is 6.33 Å². The normalized spacial score (nSPS) is 10.6. The second kappa shape index (κ2) is 3.79. The quantitative estimate of drug-likeness (QED) is 0.683. The maximum atomic E-state index is 9.47. The number of benzene rings is 1. The molecule has 0 aliphatic carbocycles. The fourth-order valence-corrected chi connectivity index (χ4v) is 1.58. The Morgan fingerprint density at radius 3 is 2.71 bits per heavy atom. The van der Waals surface area contributed by atoms with Crippen molar-refractivity contribution in [2.75, 3.05) is 0 Å². The molecular weight excluding hydrogens is 218 g/mol. The van der Waals surface area contributed by atoms with Gasteiger partial charge in [0.25, 0.3) is 0 Å². The number of rotatable bonds is 2. The number of ether oxygens (including phenoxy) is 1. The third kappa shape index (κ3) is 1.67. The van der Waals surface area contributed by atoms with E-state index < -0.39 is 0 Å². The number of hydrogen-bond acceptors (Lipinski definition) is 4. The van der Waals surface area contributed by atoms with Crippen LogP contribution >= 0.6 is 0 Å². The first-order valence-electron chi connectivity index (χ1n) is 5.09. The summed E-state index contributed by atoms with van der Waals surface area (Å²) in [5, 5.41) is 9.47. The van der Waals surface area contributed by atoms with Gasteiger partial charge in [0, 0.05) is 6.20 Å². The molecule has 0 saturated heterocycles. The SMILES string of the molecule is On1cnc2c(Oc3ccccc3)nccc21. The van der Waals surface area contributed by atoms with Crippen molar-refractivity contribution >= 4 is 11.0 Å². The van der Waals surface area contributed by atoms with Gasteiger partial charge in [0.05, 0.1) is 0 Å². The first-order valence-corrected chi connectivity index (χ1v) is 5.09. The van der Waals surface area contributed by atoms with Crippen molar-refractivity contribution in [3.8, 4) is 11.6 Å². The zero-order valence-electron chi connectivity index (χ0n) is 8.82. The fourth-order valence-electron chi connectivity index (χ4n) is 1.58. The summed E-state index contributed by atoms with van der Waals surface area (Å²) in [5.41, 5.74) is 1.09. The van der Waals surface area contributed by atoms with Gasteiger partial charge in [-0.1, -0.05) is 18.2 Å². The predicted octanol–water partition coefficient (Wildman–Crippen LogP) is 2.46. The van der Waals surface area contributed by atoms with Gasteiger partial charge in [-0.3, -0.25) is 0 Å². The third-order valence-corrected chi connectivity index (χ3v) is 2.37. The molecule has 84 valence electrons. The van der Waals surface area contributed by atoms with E-state index in [-0.39, 0.29) is 0 Å². The van der Waals surface area contributed by atoms with Gasteiger partial charge in [0.2, 0.25) is 5.88 Å². The molecule has 17 heavy (non-hydrogen) atoms. The van der Waals surface area contributed by atoms with Crippen molar-refractivity contribution in [3.05, 3.63) is 48.9 Å². The van der Waals surface area contributed by atoms with Crippen molar-refractivity contribution in [2.24, 2.45) is 0 Å². The van der Waals surface area contributed by atoms with Crippen LogP contribution in [-0.4, -0.2) is 19.9 Å². The fraction of sp³-hybridized carbons (Fsp3) is 0. The monoisotopic (exact) mass is 227 g/mol. The highest BCUT2D eigenvalue weighted by molar-refractivity contribution is 5.79. The van der Waals surface area contributed by atoms with E-state index in [0.29, 0.717) is 22.7 Å². The minimum Gasteiger partial charge on any atom is -0.437 e. The summed E-state index contributed by atoms with van der Waals surface area (Å²) >= 11 is 0. The predicted molar refractivity (Wildman–Crippen MR) is 61.2 cm³/mol. The number of aromatic nitrogens is 3. The molecule has 5 nitrogen and oxygen atoms in total. The molecule has 0 radical (unpaired) electrons. The first-order chi connectivity index (χ1) is 8.34. The Labute approximate surface area is 96.9 Å². The number of hydrogen-bond donors (Lipinski definition) is 1. The molecular formula is C12H9N3O2. The first kappa shape index (κ1) is 9.65. The van der Waals surface area contributed by atoms with Gasteiger partial charge >= 0.3 is 0 Å². The van der Waals surface area contributed by atoms with E-state index in [2.05, 4.69) is 9.97 Å². The lowest BCUT2D eigenvalue weighted by Crippen LogP contribution is -1.90. The molecule has 0 aliphatic rings. The zero-order valence-corrected chi connectivity index (χ0v) is 8.82. The molecule has 0 spiro atoms. The van der Waals surface area contributed by atoms with E-state index in [0.717, 1.165) is 4.73 Å². The summed E-state index contributed by atoms with van der Waals surface area (Å²) in [6, 6.07) is 11.0. The third-order valence-electron chi connectivity index (χ3n) is 2.37. The molecule has 3 aromatic rings. The lowest BCUT2D eigenvalue weighted by molar-refractivity contribution is 0.198. The minimum absolute atomic E-state index is 0.376. The molecule has 2 aromatic heterocycles. The summed E-state index contributed by atoms with van der Waals surface area (Å²) in [6.45, 7) is 0. The molecule has 1 aromatic carbocycles. The van der Waals surface area contributed by atoms with Crippen LogP contribution in [0.3, 0.4) is 0 Å². The molecule has 0 fully saturated rings. The highest BCUT2D eigenvalue weighted by Crippen LogP contribution is 2.25. The number of nitrogens with zero attached hydrogens (tertiary/aromatic N) is 3. The highest BCUT2D eigenvalue weighted by atomic mass is 16.5. The number of pyridine rings is 1. The van der Waals surface area contributed by atoms with Crippen LogP contribution in [0.25, 0.3) is 11.0 Å². The molecule has 0 unspecified atom stereocenters. The minimum atomic E-state index is 0.376. The Hall–Kier alpha value is -2.56. The standard InChI is InChI=1S/C12H9N3O2/c16-15-8-14-11-10(15)6-7-13-12(11)17-9-4-2-1-3-5-9/h1-8,16H. The topological polar surface area (TPSA) is 60.2 Å². The maximum Gasteiger partial charge on any atom is 0.247 e. The molecule has 0 amide bonds. The van der Waals surface area contributed by atoms with Gasteiger partial charge in [-0.2, -0.15) is 4.73 Å². The Bertz CT molecular complexity index is 649. The summed E-state index contributed by atoms with van der Waals surface area (Å²) < 4.78 is 6.55. The summed E-state index contributed by atoms with van der Waals surface area (Å²) in [5.74, 6) is 1.06. The number of imidazole rings is 1. The lowest BCUT2D eigenvalue weighted by atomic mass is 10.3. The average molecular weight is 227 g/mol. The van der Waals surface area contributed by atoms with E-state index >= 15 is 0 Å². The molecule has 0 saturated carbocycles. The molecule has 1 N–H and O–H groups in total. The van der Waals surface area contributed by atoms with Crippen LogP contribution in [0, 0.1) is 0 Å². The van der Waals surface area contributed by atoms with Crippen molar-refractivity contribution in [2.45, 2.75) is 0 Å². The Morgan fingerprint density at radius 2 is 1.88 bits per heavy atom. The Kier molecular flexibility index (Phi) is 2.15. The van der Waals surface area contributed by atoms with Crippen molar-refractivity contribution < 1.29 is 9.94 Å². The smallest absolute Gasteiger partial charge is 0.247 e. The number of para-hydroxylation sites is 1. The highest BCUT2D eigenvalue weighted by Gasteiger charge is 2.09. The van der Waals surface area contributed by atoms with Crippen LogP contribution in [0.15, 0.2) is 48.9 Å². The van der Waals surface area contributed by atoms with Crippen molar-refractivity contribution in [1.29, 1.82) is 0 Å². The van der Waals surface area contributed by atoms with E-state index in [1.54, 1.807) is 12.3 Å². The second-order valence-corrected chi connectivity index (χ2v) is 3.49. The largest absolute Gasteiger partial charge is 0.437 e. The van der Waals surface area contributed by atoms with Gasteiger partial charge in [-0.05, 0) is 18.2 Å². The maximum absolute atomic E-state index is 9.47. The molecule has 5 heteroatoms. The summed E-state index contributed by atoms with van der Waals surface area (Å²) in [6.07, 6.45) is 2.87. The summed E-state index contributed by atoms with van der Waals surface area (Å²) in [4.78, 5) is 8.15. The van der Waals surface area contributed by atoms with Gasteiger partial charge < -0.3 is 9.94 Å². The molecule has 2 heterocycles. The molecule has 3 rings (SSSR count). The van der Waals surface area contributed by atoms with Gasteiger partial charge in [-0.15, -0.1) is 0 Å². The van der Waals surface area contributed by atoms with Crippen LogP contribution in [0.5, 0.6) is 11.6 Å². The second-order valence-electron chi connectivity index (χ2n) is 3.49. The van der Waals surface area contributed by atoms with Crippen LogP contribution in [-0.2, 0) is 0 Å². The van der Waals surface area contributed by atoms with E-state index in [4.69, 9.17) is 4.74 Å². The summed E-state index contributed by atoms with van der Waals surface area (Å²) in [7, 11) is 0. The number of fused-ring (bicyclic) bond motifs is 1. The molecule has 0 atom stereocenters. The Morgan fingerprint density at radius 1 is 1.06 bits per heavy atom. The van der Waals surface area contributed by atoms with Crippen LogP contribution < -0.4 is 4.74 Å².